The van der Waals surface area contributed by atoms with Crippen LogP contribution in [0.5, 0.6) is 0 Å². The van der Waals surface area contributed by atoms with E-state index in [1.165, 1.54) is 9.80 Å². The Morgan fingerprint density at radius 3 is 1.67 bits per heavy atom. The summed E-state index contributed by atoms with van der Waals surface area (Å²) in [6.45, 7) is 1.10. The number of nitrogens with one attached hydrogen (secondary N) is 2. The molecule has 4 aliphatic rings. The largest absolute Gasteiger partial charge is 0.442 e. The Labute approximate surface area is 187 Å². The van der Waals surface area contributed by atoms with Gasteiger partial charge < -0.3 is 9.80 Å². The topological polar surface area (TPSA) is 157 Å². The van der Waals surface area contributed by atoms with Crippen LogP contribution in [0.1, 0.15) is 11.1 Å². The van der Waals surface area contributed by atoms with Gasteiger partial charge in [0, 0.05) is 36.6 Å². The first-order valence-electron chi connectivity index (χ1n) is 10.1. The van der Waals surface area contributed by atoms with Crippen molar-refractivity contribution in [3.8, 4) is 0 Å². The van der Waals surface area contributed by atoms with Crippen LogP contribution in [0.2, 0.25) is 0 Å². The molecule has 4 aliphatic heterocycles. The quantitative estimate of drug-likeness (QED) is 0.590. The van der Waals surface area contributed by atoms with Crippen molar-refractivity contribution in [1.82, 2.24) is 40.3 Å². The van der Waals surface area contributed by atoms with Gasteiger partial charge in [0.15, 0.2) is 0 Å². The second-order valence-corrected chi connectivity index (χ2v) is 9.02. The maximum Gasteiger partial charge on any atom is 0.442 e. The molecule has 0 spiro atoms. The average molecular weight is 474 g/mol. The second-order valence-electron chi connectivity index (χ2n) is 7.91. The Kier molecular flexibility index (Phi) is 4.33. The molecular formula is C18H18N8O6S. The van der Waals surface area contributed by atoms with Crippen LogP contribution in [0.15, 0.2) is 36.9 Å². The number of hydrogen-bond acceptors (Lipinski definition) is 8. The van der Waals surface area contributed by atoms with E-state index < -0.39 is 34.5 Å². The number of aromatic amines is 2. The summed E-state index contributed by atoms with van der Waals surface area (Å²) in [5.74, 6) is 0. The molecule has 6 heterocycles. The maximum atomic E-state index is 12.9. The van der Waals surface area contributed by atoms with E-state index in [9.17, 15) is 18.0 Å². The van der Waals surface area contributed by atoms with Crippen molar-refractivity contribution in [3.05, 3.63) is 48.1 Å². The van der Waals surface area contributed by atoms with Crippen LogP contribution in [0.25, 0.3) is 11.1 Å². The van der Waals surface area contributed by atoms with Crippen molar-refractivity contribution in [2.24, 2.45) is 0 Å². The first-order valence-corrected chi connectivity index (χ1v) is 11.4. The van der Waals surface area contributed by atoms with Crippen molar-refractivity contribution in [1.29, 1.82) is 0 Å². The Morgan fingerprint density at radius 2 is 1.27 bits per heavy atom. The highest BCUT2D eigenvalue weighted by molar-refractivity contribution is 7.81. The monoisotopic (exact) mass is 474 g/mol. The fourth-order valence-electron chi connectivity index (χ4n) is 4.53. The van der Waals surface area contributed by atoms with Gasteiger partial charge >= 0.3 is 22.5 Å². The van der Waals surface area contributed by atoms with E-state index in [-0.39, 0.29) is 13.1 Å². The zero-order valence-corrected chi connectivity index (χ0v) is 17.8. The number of rotatable bonds is 6. The average Bonchev–Trinajstić information content (AvgIpc) is 3.60. The number of urea groups is 2. The van der Waals surface area contributed by atoms with E-state index in [2.05, 4.69) is 20.4 Å². The van der Waals surface area contributed by atoms with E-state index in [1.807, 2.05) is 12.2 Å². The van der Waals surface area contributed by atoms with Crippen molar-refractivity contribution in [2.45, 2.75) is 12.1 Å². The number of carbonyl (C=O) groups excluding carboxylic acids is 2. The van der Waals surface area contributed by atoms with Crippen LogP contribution < -0.4 is 0 Å². The van der Waals surface area contributed by atoms with Gasteiger partial charge in [-0.2, -0.15) is 28.7 Å². The van der Waals surface area contributed by atoms with Gasteiger partial charge in [-0.3, -0.25) is 10.2 Å². The molecule has 2 N–H and O–H groups in total. The summed E-state index contributed by atoms with van der Waals surface area (Å²) in [7, 11) is -4.82. The molecule has 2 aromatic rings. The third kappa shape index (κ3) is 3.20. The number of nitrogens with zero attached hydrogens (tertiary/aromatic N) is 6. The zero-order valence-electron chi connectivity index (χ0n) is 17.0. The standard InChI is InChI=1S/C18H18N8O6S/c27-17-23-3-1-13(11-5-19-20-6-11)15(9-23)25(17)31-33(29,30)32-26-16-10-24(18(26)28)4-2-14(16)12-7-21-22-8-12/h1-2,5-8,15-16H,3-4,9-10H2,(H,19,20)(H,21,22). The third-order valence-electron chi connectivity index (χ3n) is 6.06. The Hall–Kier alpha value is -3.69. The lowest BCUT2D eigenvalue weighted by atomic mass is 9.99. The number of H-pyrrole nitrogens is 2. The molecule has 0 saturated carbocycles. The van der Waals surface area contributed by atoms with Crippen LogP contribution in [-0.4, -0.2) is 99.1 Å². The smallest absolute Gasteiger partial charge is 0.317 e. The van der Waals surface area contributed by atoms with E-state index in [4.69, 9.17) is 8.57 Å². The van der Waals surface area contributed by atoms with E-state index in [1.54, 1.807) is 24.8 Å². The van der Waals surface area contributed by atoms with Gasteiger partial charge in [0.2, 0.25) is 0 Å². The van der Waals surface area contributed by atoms with Crippen molar-refractivity contribution >= 4 is 33.6 Å². The molecule has 4 bridgehead atoms. The van der Waals surface area contributed by atoms with E-state index in [0.717, 1.165) is 10.1 Å². The van der Waals surface area contributed by atoms with Gasteiger partial charge in [-0.05, 0) is 11.1 Å². The molecule has 0 aromatic carbocycles. The van der Waals surface area contributed by atoms with Crippen LogP contribution in [0.4, 0.5) is 9.59 Å². The predicted octanol–water partition coefficient (Wildman–Crippen LogP) is -0.0526. The molecule has 33 heavy (non-hydrogen) atoms. The fourth-order valence-corrected chi connectivity index (χ4v) is 5.28. The minimum atomic E-state index is -4.82. The molecule has 14 nitrogen and oxygen atoms in total. The van der Waals surface area contributed by atoms with Gasteiger partial charge in [0.25, 0.3) is 0 Å². The number of hydrogen-bond donors (Lipinski definition) is 2. The summed E-state index contributed by atoms with van der Waals surface area (Å²) in [6, 6.07) is -2.59. The minimum Gasteiger partial charge on any atom is -0.317 e. The summed E-state index contributed by atoms with van der Waals surface area (Å²) in [5.41, 5.74) is 2.83. The fraction of sp³-hybridized carbons (Fsp3) is 0.333. The summed E-state index contributed by atoms with van der Waals surface area (Å²) >= 11 is 0. The maximum absolute atomic E-state index is 12.9. The highest BCUT2D eigenvalue weighted by atomic mass is 32.3. The van der Waals surface area contributed by atoms with Crippen LogP contribution in [-0.2, 0) is 19.0 Å². The zero-order chi connectivity index (χ0) is 22.7. The van der Waals surface area contributed by atoms with Crippen LogP contribution in [0, 0.1) is 0 Å². The first kappa shape index (κ1) is 20.0. The minimum absolute atomic E-state index is 0.248. The number of fused-ring (bicyclic) bond motifs is 4. The van der Waals surface area contributed by atoms with Gasteiger partial charge in [0.1, 0.15) is 12.1 Å². The molecule has 15 heteroatoms. The lowest BCUT2D eigenvalue weighted by molar-refractivity contribution is -0.0701. The summed E-state index contributed by atoms with van der Waals surface area (Å²) < 4.78 is 35.9. The van der Waals surface area contributed by atoms with Gasteiger partial charge in [-0.1, -0.05) is 12.2 Å². The van der Waals surface area contributed by atoms with Gasteiger partial charge in [-0.25, -0.2) is 9.59 Å². The second kappa shape index (κ2) is 7.16. The molecule has 2 atom stereocenters. The number of carbonyl (C=O) groups is 2. The lowest BCUT2D eigenvalue weighted by Gasteiger charge is -2.26. The van der Waals surface area contributed by atoms with E-state index in [0.29, 0.717) is 35.4 Å². The Balaban J connectivity index is 1.23. The Bertz CT molecular complexity index is 1180. The molecular weight excluding hydrogens is 456 g/mol. The normalized spacial score (nSPS) is 24.6. The number of amides is 4. The van der Waals surface area contributed by atoms with Gasteiger partial charge in [0.05, 0.1) is 25.5 Å². The molecule has 4 amide bonds. The van der Waals surface area contributed by atoms with Crippen LogP contribution in [0.3, 0.4) is 0 Å². The predicted molar refractivity (Wildman–Crippen MR) is 109 cm³/mol. The molecule has 172 valence electrons. The third-order valence-corrected chi connectivity index (χ3v) is 6.74. The summed E-state index contributed by atoms with van der Waals surface area (Å²) in [4.78, 5) is 28.3. The highest BCUT2D eigenvalue weighted by Gasteiger charge is 2.49. The Morgan fingerprint density at radius 1 is 0.818 bits per heavy atom. The molecule has 6 rings (SSSR count). The molecule has 2 unspecified atom stereocenters. The first-order chi connectivity index (χ1) is 15.9. The molecule has 2 saturated heterocycles. The van der Waals surface area contributed by atoms with Crippen LogP contribution >= 0.6 is 0 Å². The summed E-state index contributed by atoms with van der Waals surface area (Å²) in [6.07, 6.45) is 10.1. The number of hydroxylamine groups is 4. The molecule has 0 radical (unpaired) electrons. The van der Waals surface area contributed by atoms with Gasteiger partial charge in [-0.15, -0.1) is 8.57 Å². The van der Waals surface area contributed by atoms with E-state index >= 15 is 0 Å². The molecule has 2 aromatic heterocycles. The van der Waals surface area contributed by atoms with Crippen molar-refractivity contribution in [3.63, 3.8) is 0 Å². The highest BCUT2D eigenvalue weighted by Crippen LogP contribution is 2.35. The SMILES string of the molecule is O=C1N2CC=C(c3cn[nH]c3)C(C2)N1OS(=O)(=O)ON1C(=O)N2CC=C(c3cn[nH]c3)C1C2. The number of aromatic nitrogens is 4. The molecule has 2 fully saturated rings. The summed E-state index contributed by atoms with van der Waals surface area (Å²) in [5, 5.41) is 14.7. The van der Waals surface area contributed by atoms with Crippen molar-refractivity contribution < 1.29 is 26.6 Å². The molecule has 0 aliphatic carbocycles. The lowest BCUT2D eigenvalue weighted by Crippen LogP contribution is -2.41. The van der Waals surface area contributed by atoms with Crippen molar-refractivity contribution in [2.75, 3.05) is 26.2 Å².